The Labute approximate surface area is 104 Å². The standard InChI is InChI=1S/C13H14F3NO/c1-9(7-12(17)8-18-2)10-3-5-11(6-4-10)13(14,15)16/h3-7H,1,8,17H2,2H3/b12-7-. The van der Waals surface area contributed by atoms with Gasteiger partial charge >= 0.3 is 6.18 Å². The van der Waals surface area contributed by atoms with E-state index in [1.54, 1.807) is 6.08 Å². The van der Waals surface area contributed by atoms with Gasteiger partial charge in [-0.2, -0.15) is 13.2 Å². The second kappa shape index (κ2) is 5.73. The quantitative estimate of drug-likeness (QED) is 0.841. The van der Waals surface area contributed by atoms with Crippen LogP contribution in [0, 0.1) is 0 Å². The van der Waals surface area contributed by atoms with Crippen LogP contribution in [-0.2, 0) is 10.9 Å². The molecule has 2 nitrogen and oxygen atoms in total. The van der Waals surface area contributed by atoms with Crippen LogP contribution in [0.25, 0.3) is 5.57 Å². The third-order valence-corrected chi connectivity index (χ3v) is 2.25. The average Bonchev–Trinajstić information content (AvgIpc) is 2.28. The number of methoxy groups -OCH3 is 1. The molecular weight excluding hydrogens is 243 g/mol. The molecule has 0 heterocycles. The maximum atomic E-state index is 12.4. The molecule has 0 fully saturated rings. The Morgan fingerprint density at radius 1 is 1.33 bits per heavy atom. The molecule has 0 aromatic heterocycles. The lowest BCUT2D eigenvalue weighted by atomic mass is 10.0. The number of hydrogen-bond acceptors (Lipinski definition) is 2. The molecule has 1 aromatic rings. The van der Waals surface area contributed by atoms with Crippen LogP contribution in [0.5, 0.6) is 0 Å². The van der Waals surface area contributed by atoms with Crippen molar-refractivity contribution >= 4 is 5.57 Å². The number of nitrogens with two attached hydrogens (primary N) is 1. The van der Waals surface area contributed by atoms with E-state index in [1.165, 1.54) is 19.2 Å². The topological polar surface area (TPSA) is 35.2 Å². The molecule has 98 valence electrons. The molecule has 0 spiro atoms. The molecule has 0 aliphatic rings. The van der Waals surface area contributed by atoms with Crippen molar-refractivity contribution < 1.29 is 17.9 Å². The maximum absolute atomic E-state index is 12.4. The lowest BCUT2D eigenvalue weighted by molar-refractivity contribution is -0.137. The van der Waals surface area contributed by atoms with E-state index in [4.69, 9.17) is 10.5 Å². The van der Waals surface area contributed by atoms with Crippen LogP contribution >= 0.6 is 0 Å². The van der Waals surface area contributed by atoms with Crippen LogP contribution in [0.4, 0.5) is 13.2 Å². The Bertz CT molecular complexity index is 446. The van der Waals surface area contributed by atoms with E-state index >= 15 is 0 Å². The van der Waals surface area contributed by atoms with Crippen molar-refractivity contribution in [1.29, 1.82) is 0 Å². The zero-order valence-corrected chi connectivity index (χ0v) is 9.92. The predicted octanol–water partition coefficient (Wildman–Crippen LogP) is 3.21. The van der Waals surface area contributed by atoms with Crippen LogP contribution < -0.4 is 5.73 Å². The van der Waals surface area contributed by atoms with Crippen LogP contribution in [0.3, 0.4) is 0 Å². The minimum absolute atomic E-state index is 0.250. The fourth-order valence-corrected chi connectivity index (χ4v) is 1.39. The lowest BCUT2D eigenvalue weighted by Crippen LogP contribution is -2.05. The van der Waals surface area contributed by atoms with E-state index < -0.39 is 11.7 Å². The normalized spacial score (nSPS) is 12.6. The largest absolute Gasteiger partial charge is 0.416 e. The first kappa shape index (κ1) is 14.3. The van der Waals surface area contributed by atoms with E-state index in [2.05, 4.69) is 6.58 Å². The summed E-state index contributed by atoms with van der Waals surface area (Å²) in [6, 6.07) is 4.76. The van der Waals surface area contributed by atoms with Gasteiger partial charge in [0.25, 0.3) is 0 Å². The zero-order valence-electron chi connectivity index (χ0n) is 9.92. The summed E-state index contributed by atoms with van der Waals surface area (Å²) in [6.07, 6.45) is -2.75. The molecule has 0 saturated carbocycles. The average molecular weight is 257 g/mol. The highest BCUT2D eigenvalue weighted by Gasteiger charge is 2.29. The summed E-state index contributed by atoms with van der Waals surface area (Å²) in [5.74, 6) is 0. The third kappa shape index (κ3) is 3.92. The van der Waals surface area contributed by atoms with Gasteiger partial charge in [-0.3, -0.25) is 0 Å². The molecule has 2 N–H and O–H groups in total. The van der Waals surface area contributed by atoms with Crippen molar-refractivity contribution in [3.05, 3.63) is 53.7 Å². The molecule has 0 atom stereocenters. The van der Waals surface area contributed by atoms with Gasteiger partial charge in [0.1, 0.15) is 0 Å². The van der Waals surface area contributed by atoms with Gasteiger partial charge in [0, 0.05) is 12.8 Å². The summed E-state index contributed by atoms with van der Waals surface area (Å²) in [4.78, 5) is 0. The minimum atomic E-state index is -4.33. The number of halogens is 3. The number of rotatable bonds is 4. The molecule has 0 saturated heterocycles. The van der Waals surface area contributed by atoms with Gasteiger partial charge in [-0.25, -0.2) is 0 Å². The SMILES string of the molecule is C=C(/C=C(\N)COC)c1ccc(C(F)(F)F)cc1. The first-order valence-electron chi connectivity index (χ1n) is 5.16. The predicted molar refractivity (Wildman–Crippen MR) is 64.6 cm³/mol. The summed E-state index contributed by atoms with van der Waals surface area (Å²) >= 11 is 0. The molecule has 1 aromatic carbocycles. The van der Waals surface area contributed by atoms with Crippen LogP contribution in [0.15, 0.2) is 42.6 Å². The molecule has 0 aliphatic carbocycles. The van der Waals surface area contributed by atoms with Crippen LogP contribution in [-0.4, -0.2) is 13.7 Å². The first-order chi connectivity index (χ1) is 8.34. The number of benzene rings is 1. The monoisotopic (exact) mass is 257 g/mol. The smallest absolute Gasteiger partial charge is 0.400 e. The van der Waals surface area contributed by atoms with Crippen molar-refractivity contribution in [2.45, 2.75) is 6.18 Å². The Morgan fingerprint density at radius 2 is 1.89 bits per heavy atom. The fourth-order valence-electron chi connectivity index (χ4n) is 1.39. The molecule has 0 radical (unpaired) electrons. The van der Waals surface area contributed by atoms with Gasteiger partial charge in [-0.05, 0) is 29.3 Å². The third-order valence-electron chi connectivity index (χ3n) is 2.25. The second-order valence-corrected chi connectivity index (χ2v) is 3.75. The molecule has 0 bridgehead atoms. The van der Waals surface area contributed by atoms with Crippen LogP contribution in [0.2, 0.25) is 0 Å². The second-order valence-electron chi connectivity index (χ2n) is 3.75. The summed E-state index contributed by atoms with van der Waals surface area (Å²) < 4.78 is 41.9. The minimum Gasteiger partial charge on any atom is -0.400 e. The molecule has 18 heavy (non-hydrogen) atoms. The maximum Gasteiger partial charge on any atom is 0.416 e. The zero-order chi connectivity index (χ0) is 13.8. The Hall–Kier alpha value is -1.75. The number of allylic oxidation sites excluding steroid dienone is 2. The summed E-state index contributed by atoms with van der Waals surface area (Å²) in [5, 5.41) is 0. The van der Waals surface area contributed by atoms with Crippen LogP contribution in [0.1, 0.15) is 11.1 Å². The van der Waals surface area contributed by atoms with E-state index in [-0.39, 0.29) is 6.61 Å². The van der Waals surface area contributed by atoms with Crippen molar-refractivity contribution in [2.75, 3.05) is 13.7 Å². The molecule has 5 heteroatoms. The lowest BCUT2D eigenvalue weighted by Gasteiger charge is -2.08. The van der Waals surface area contributed by atoms with Gasteiger partial charge in [0.15, 0.2) is 0 Å². The molecule has 0 amide bonds. The summed E-state index contributed by atoms with van der Waals surface area (Å²) in [7, 11) is 1.50. The Kier molecular flexibility index (Phi) is 4.55. The Balaban J connectivity index is 2.86. The van der Waals surface area contributed by atoms with Gasteiger partial charge in [-0.1, -0.05) is 18.7 Å². The molecular formula is C13H14F3NO. The van der Waals surface area contributed by atoms with Crippen molar-refractivity contribution in [1.82, 2.24) is 0 Å². The van der Waals surface area contributed by atoms with Gasteiger partial charge in [-0.15, -0.1) is 0 Å². The highest BCUT2D eigenvalue weighted by Crippen LogP contribution is 2.30. The highest BCUT2D eigenvalue weighted by molar-refractivity contribution is 5.72. The first-order valence-corrected chi connectivity index (χ1v) is 5.16. The van der Waals surface area contributed by atoms with Gasteiger partial charge in [0.05, 0.1) is 12.2 Å². The highest BCUT2D eigenvalue weighted by atomic mass is 19.4. The van der Waals surface area contributed by atoms with Crippen molar-refractivity contribution in [3.63, 3.8) is 0 Å². The van der Waals surface area contributed by atoms with Gasteiger partial charge in [0.2, 0.25) is 0 Å². The van der Waals surface area contributed by atoms with Crippen molar-refractivity contribution in [2.24, 2.45) is 5.73 Å². The molecule has 0 aliphatic heterocycles. The number of ether oxygens (including phenoxy) is 1. The van der Waals surface area contributed by atoms with E-state index in [9.17, 15) is 13.2 Å². The summed E-state index contributed by atoms with van der Waals surface area (Å²) in [5.41, 5.74) is 6.52. The molecule has 0 unspecified atom stereocenters. The molecule has 1 rings (SSSR count). The fraction of sp³-hybridized carbons (Fsp3) is 0.231. The Morgan fingerprint density at radius 3 is 2.33 bits per heavy atom. The van der Waals surface area contributed by atoms with E-state index in [1.807, 2.05) is 0 Å². The van der Waals surface area contributed by atoms with E-state index in [0.717, 1.165) is 12.1 Å². The summed E-state index contributed by atoms with van der Waals surface area (Å²) in [6.45, 7) is 4.00. The van der Waals surface area contributed by atoms with E-state index in [0.29, 0.717) is 16.8 Å². The van der Waals surface area contributed by atoms with Gasteiger partial charge < -0.3 is 10.5 Å². The number of alkyl halides is 3. The number of hydrogen-bond donors (Lipinski definition) is 1. The van der Waals surface area contributed by atoms with Crippen molar-refractivity contribution in [3.8, 4) is 0 Å².